The van der Waals surface area contributed by atoms with Crippen molar-refractivity contribution < 1.29 is 9.59 Å². The third kappa shape index (κ3) is 16.0. The first-order valence-electron chi connectivity index (χ1n) is 7.26. The summed E-state index contributed by atoms with van der Waals surface area (Å²) < 4.78 is 0. The van der Waals surface area contributed by atoms with Crippen LogP contribution in [0.1, 0.15) is 51.4 Å². The molecule has 2 atom stereocenters. The summed E-state index contributed by atoms with van der Waals surface area (Å²) in [5, 5.41) is 0.268. The van der Waals surface area contributed by atoms with E-state index in [9.17, 15) is 9.59 Å². The third-order valence-electron chi connectivity index (χ3n) is 2.83. The van der Waals surface area contributed by atoms with E-state index >= 15 is 0 Å². The zero-order chi connectivity index (χ0) is 14.2. The van der Waals surface area contributed by atoms with Gasteiger partial charge in [-0.1, -0.05) is 19.3 Å². The van der Waals surface area contributed by atoms with Gasteiger partial charge in [-0.3, -0.25) is 0 Å². The summed E-state index contributed by atoms with van der Waals surface area (Å²) in [4.78, 5) is 20.3. The molecular weight excluding hydrogens is 277 g/mol. The molecule has 0 aromatic carbocycles. The second-order valence-corrected chi connectivity index (χ2v) is 7.47. The Labute approximate surface area is 123 Å². The molecule has 0 bridgehead atoms. The molecule has 0 heterocycles. The van der Waals surface area contributed by atoms with E-state index in [-0.39, 0.29) is 5.37 Å². The zero-order valence-electron chi connectivity index (χ0n) is 11.8. The fraction of sp³-hybridized carbons (Fsp3) is 0.857. The molecule has 0 spiro atoms. The zero-order valence-corrected chi connectivity index (χ0v) is 13.6. The van der Waals surface area contributed by atoms with Gasteiger partial charge in [0.05, 0.1) is 5.37 Å². The molecule has 0 fully saturated rings. The Balaban J connectivity index is 3.14. The van der Waals surface area contributed by atoms with Gasteiger partial charge in [-0.2, -0.15) is 0 Å². The van der Waals surface area contributed by atoms with E-state index in [0.717, 1.165) is 58.8 Å². The van der Waals surface area contributed by atoms with Crippen LogP contribution in [0.15, 0.2) is 0 Å². The number of hydrogen-bond acceptors (Lipinski definition) is 4. The fourth-order valence-electron chi connectivity index (χ4n) is 1.73. The van der Waals surface area contributed by atoms with Crippen LogP contribution < -0.4 is 5.73 Å². The van der Waals surface area contributed by atoms with Crippen LogP contribution in [0.4, 0.5) is 0 Å². The van der Waals surface area contributed by atoms with Crippen LogP contribution >= 0.6 is 20.3 Å². The number of aldehydes is 2. The summed E-state index contributed by atoms with van der Waals surface area (Å²) >= 11 is 1.86. The average molecular weight is 305 g/mol. The van der Waals surface area contributed by atoms with Crippen molar-refractivity contribution in [3.05, 3.63) is 0 Å². The highest BCUT2D eigenvalue weighted by atomic mass is 32.2. The number of unbranched alkanes of at least 4 members (excludes halogenated alkanes) is 4. The normalized spacial score (nSPS) is 12.9. The predicted molar refractivity (Wildman–Crippen MR) is 87.5 cm³/mol. The molecule has 0 aromatic rings. The van der Waals surface area contributed by atoms with E-state index in [2.05, 4.69) is 0 Å². The van der Waals surface area contributed by atoms with E-state index in [0.29, 0.717) is 6.42 Å². The second-order valence-electron chi connectivity index (χ2n) is 4.63. The summed E-state index contributed by atoms with van der Waals surface area (Å²) in [6.45, 7) is 0. The van der Waals surface area contributed by atoms with Crippen LogP contribution in [0, 0.1) is 0 Å². The van der Waals surface area contributed by atoms with Gasteiger partial charge in [0.15, 0.2) is 0 Å². The van der Waals surface area contributed by atoms with E-state index in [1.165, 1.54) is 25.4 Å². The van der Waals surface area contributed by atoms with Gasteiger partial charge in [-0.25, -0.2) is 0 Å². The molecule has 0 aromatic heterocycles. The topological polar surface area (TPSA) is 60.2 Å². The van der Waals surface area contributed by atoms with Crippen LogP contribution in [-0.2, 0) is 9.59 Å². The van der Waals surface area contributed by atoms with Crippen LogP contribution in [0.3, 0.4) is 0 Å². The lowest BCUT2D eigenvalue weighted by Gasteiger charge is -2.10. The molecule has 2 unspecified atom stereocenters. The number of thioether (sulfide) groups is 1. The maximum absolute atomic E-state index is 10.1. The Kier molecular flexibility index (Phi) is 16.2. The Morgan fingerprint density at radius 2 is 1.68 bits per heavy atom. The quantitative estimate of drug-likeness (QED) is 0.218. The van der Waals surface area contributed by atoms with Crippen molar-refractivity contribution in [2.24, 2.45) is 5.73 Å². The van der Waals surface area contributed by atoms with Crippen LogP contribution in [0.25, 0.3) is 0 Å². The van der Waals surface area contributed by atoms with Gasteiger partial charge in [0.1, 0.15) is 12.6 Å². The highest BCUT2D eigenvalue weighted by Crippen LogP contribution is 2.18. The van der Waals surface area contributed by atoms with Gasteiger partial charge in [-0.05, 0) is 37.3 Å². The van der Waals surface area contributed by atoms with Gasteiger partial charge >= 0.3 is 0 Å². The molecule has 19 heavy (non-hydrogen) atoms. The minimum absolute atomic E-state index is 0.268. The minimum atomic E-state index is 0.268. The third-order valence-corrected chi connectivity index (χ3v) is 5.37. The van der Waals surface area contributed by atoms with E-state index in [1.807, 2.05) is 11.8 Å². The molecule has 2 N–H and O–H groups in total. The summed E-state index contributed by atoms with van der Waals surface area (Å²) in [7, 11) is 0.929. The van der Waals surface area contributed by atoms with Crippen LogP contribution in [0.5, 0.6) is 0 Å². The summed E-state index contributed by atoms with van der Waals surface area (Å²) in [6.07, 6.45) is 12.5. The van der Waals surface area contributed by atoms with Crippen molar-refractivity contribution in [3.63, 3.8) is 0 Å². The monoisotopic (exact) mass is 305 g/mol. The lowest BCUT2D eigenvalue weighted by atomic mass is 10.1. The lowest BCUT2D eigenvalue weighted by molar-refractivity contribution is -0.108. The van der Waals surface area contributed by atoms with Crippen molar-refractivity contribution >= 4 is 32.9 Å². The van der Waals surface area contributed by atoms with Crippen molar-refractivity contribution in [1.29, 1.82) is 0 Å². The number of carbonyl (C=O) groups excluding carboxylic acids is 2. The van der Waals surface area contributed by atoms with Gasteiger partial charge in [0.25, 0.3) is 0 Å². The maximum Gasteiger partial charge on any atom is 0.120 e. The Bertz CT molecular complexity index is 218. The van der Waals surface area contributed by atoms with E-state index < -0.39 is 0 Å². The largest absolute Gasteiger partial charge is 0.319 e. The summed E-state index contributed by atoms with van der Waals surface area (Å²) in [5.74, 6) is 1.14. The minimum Gasteiger partial charge on any atom is -0.319 e. The van der Waals surface area contributed by atoms with Gasteiger partial charge < -0.3 is 15.3 Å². The smallest absolute Gasteiger partial charge is 0.120 e. The number of nitrogens with two attached hydrogens (primary N) is 1. The molecule has 0 aliphatic rings. The van der Waals surface area contributed by atoms with Crippen molar-refractivity contribution in [2.75, 3.05) is 18.1 Å². The van der Waals surface area contributed by atoms with Gasteiger partial charge in [-0.15, -0.1) is 20.3 Å². The molecule has 112 valence electrons. The number of hydrogen-bond donors (Lipinski definition) is 1. The molecular formula is C14H28NO2PS. The van der Waals surface area contributed by atoms with Crippen LogP contribution in [-0.4, -0.2) is 36.0 Å². The molecule has 0 rings (SSSR count). The first kappa shape index (κ1) is 19.1. The standard InChI is InChI=1S/C14H28NO2PS/c15-14(8-4-2-1-3-5-9-16)19-13-7-12-18-11-6-10-17/h9-10,14,18H,1-8,11-13,15H2. The van der Waals surface area contributed by atoms with Crippen molar-refractivity contribution in [1.82, 2.24) is 0 Å². The molecule has 0 amide bonds. The molecule has 5 heteroatoms. The lowest BCUT2D eigenvalue weighted by Crippen LogP contribution is -2.15. The van der Waals surface area contributed by atoms with E-state index in [1.54, 1.807) is 0 Å². The fourth-order valence-corrected chi connectivity index (χ4v) is 3.93. The Morgan fingerprint density at radius 3 is 2.42 bits per heavy atom. The highest BCUT2D eigenvalue weighted by molar-refractivity contribution is 7.99. The number of rotatable bonds is 15. The Morgan fingerprint density at radius 1 is 0.947 bits per heavy atom. The highest BCUT2D eigenvalue weighted by Gasteiger charge is 2.02. The second kappa shape index (κ2) is 16.1. The molecule has 0 aliphatic heterocycles. The maximum atomic E-state index is 10.1. The first-order chi connectivity index (χ1) is 9.31. The summed E-state index contributed by atoms with van der Waals surface area (Å²) in [5.41, 5.74) is 6.04. The molecule has 0 saturated carbocycles. The van der Waals surface area contributed by atoms with Gasteiger partial charge in [0.2, 0.25) is 0 Å². The van der Waals surface area contributed by atoms with Crippen molar-refractivity contribution in [3.8, 4) is 0 Å². The van der Waals surface area contributed by atoms with E-state index in [4.69, 9.17) is 5.73 Å². The molecule has 0 radical (unpaired) electrons. The SMILES string of the molecule is NC(CCCCCCC=O)SCCCPCCC=O. The predicted octanol–water partition coefficient (Wildman–Crippen LogP) is 3.20. The first-order valence-corrected chi connectivity index (χ1v) is 9.72. The molecule has 0 aliphatic carbocycles. The number of carbonyl (C=O) groups is 2. The van der Waals surface area contributed by atoms with Gasteiger partial charge in [0, 0.05) is 12.8 Å². The molecule has 0 saturated heterocycles. The average Bonchev–Trinajstić information content (AvgIpc) is 2.41. The molecule has 3 nitrogen and oxygen atoms in total. The van der Waals surface area contributed by atoms with Crippen molar-refractivity contribution in [2.45, 2.75) is 56.7 Å². The van der Waals surface area contributed by atoms with Crippen LogP contribution in [0.2, 0.25) is 0 Å². The summed E-state index contributed by atoms with van der Waals surface area (Å²) in [6, 6.07) is 0. The Hall–Kier alpha value is 0.0800.